The highest BCUT2D eigenvalue weighted by Crippen LogP contribution is 2.35. The fourth-order valence-corrected chi connectivity index (χ4v) is 3.45. The van der Waals surface area contributed by atoms with Gasteiger partial charge < -0.3 is 5.73 Å². The molecule has 0 unspecified atom stereocenters. The highest BCUT2D eigenvalue weighted by atomic mass is 32.2. The van der Waals surface area contributed by atoms with Crippen LogP contribution in [0.5, 0.6) is 0 Å². The lowest BCUT2D eigenvalue weighted by atomic mass is 10.2. The van der Waals surface area contributed by atoms with Crippen molar-refractivity contribution in [2.75, 3.05) is 11.5 Å². The molecule has 3 heterocycles. The Bertz CT molecular complexity index is 1090. The van der Waals surface area contributed by atoms with E-state index in [0.29, 0.717) is 10.8 Å². The Kier molecular flexibility index (Phi) is 3.68. The van der Waals surface area contributed by atoms with E-state index < -0.39 is 17.0 Å². The average molecular weight is 358 g/mol. The number of rotatable bonds is 5. The van der Waals surface area contributed by atoms with Crippen molar-refractivity contribution in [2.45, 2.75) is 24.0 Å². The molecule has 1 saturated carbocycles. The van der Waals surface area contributed by atoms with E-state index in [1.165, 1.54) is 4.57 Å². The number of nitrogens with one attached hydrogen (secondary N) is 1. The van der Waals surface area contributed by atoms with E-state index in [1.54, 1.807) is 16.7 Å². The van der Waals surface area contributed by atoms with Gasteiger partial charge in [-0.1, -0.05) is 17.8 Å². The molecule has 1 aliphatic rings. The van der Waals surface area contributed by atoms with Gasteiger partial charge in [0, 0.05) is 12.2 Å². The molecule has 0 aliphatic heterocycles. The SMILES string of the molecule is Nc1c(C(=O)CSc2nnc3ccccn23)c(=O)[nH]c(=O)n1C1CC1. The standard InChI is InChI=1S/C15H14N6O3S/c16-12-11(13(23)17-14(24)21(12)8-4-5-8)9(22)7-25-15-19-18-10-3-1-2-6-20(10)15/h1-3,6,8H,4-5,7,16H2,(H,17,23,24). The van der Waals surface area contributed by atoms with Gasteiger partial charge in [-0.2, -0.15) is 0 Å². The number of H-pyrrole nitrogens is 1. The Morgan fingerprint density at radius 3 is 2.88 bits per heavy atom. The number of hydrogen-bond acceptors (Lipinski definition) is 7. The highest BCUT2D eigenvalue weighted by Gasteiger charge is 2.30. The molecule has 128 valence electrons. The number of Topliss-reactive ketones (excluding diaryl/α,β-unsaturated/α-hetero) is 1. The molecule has 0 radical (unpaired) electrons. The molecule has 0 amide bonds. The number of thioether (sulfide) groups is 1. The molecule has 3 aromatic heterocycles. The summed E-state index contributed by atoms with van der Waals surface area (Å²) in [5.74, 6) is -0.551. The van der Waals surface area contributed by atoms with E-state index in [1.807, 2.05) is 12.1 Å². The van der Waals surface area contributed by atoms with Gasteiger partial charge in [-0.3, -0.25) is 23.5 Å². The summed E-state index contributed by atoms with van der Waals surface area (Å²) >= 11 is 1.16. The Labute approximate surface area is 144 Å². The number of nitrogens with zero attached hydrogens (tertiary/aromatic N) is 4. The van der Waals surface area contributed by atoms with Crippen LogP contribution in [0, 0.1) is 0 Å². The van der Waals surface area contributed by atoms with Crippen LogP contribution < -0.4 is 17.0 Å². The number of anilines is 1. The number of fused-ring (bicyclic) bond motifs is 1. The molecule has 1 fully saturated rings. The van der Waals surface area contributed by atoms with Crippen molar-refractivity contribution in [3.8, 4) is 0 Å². The minimum atomic E-state index is -0.754. The maximum Gasteiger partial charge on any atom is 0.330 e. The molecular formula is C15H14N6O3S. The lowest BCUT2D eigenvalue weighted by molar-refractivity contribution is 0.102. The molecule has 0 spiro atoms. The van der Waals surface area contributed by atoms with Crippen molar-refractivity contribution in [3.63, 3.8) is 0 Å². The number of aromatic amines is 1. The second-order valence-electron chi connectivity index (χ2n) is 5.74. The first-order valence-electron chi connectivity index (χ1n) is 7.66. The highest BCUT2D eigenvalue weighted by molar-refractivity contribution is 7.99. The van der Waals surface area contributed by atoms with Crippen molar-refractivity contribution in [1.29, 1.82) is 0 Å². The summed E-state index contributed by atoms with van der Waals surface area (Å²) in [7, 11) is 0. The smallest absolute Gasteiger partial charge is 0.330 e. The fourth-order valence-electron chi connectivity index (χ4n) is 2.65. The monoisotopic (exact) mass is 358 g/mol. The van der Waals surface area contributed by atoms with Gasteiger partial charge in [-0.25, -0.2) is 4.79 Å². The molecule has 0 saturated heterocycles. The van der Waals surface area contributed by atoms with Gasteiger partial charge in [-0.05, 0) is 25.0 Å². The van der Waals surface area contributed by atoms with E-state index in [0.717, 1.165) is 24.6 Å². The largest absolute Gasteiger partial charge is 0.384 e. The zero-order valence-electron chi connectivity index (χ0n) is 13.0. The topological polar surface area (TPSA) is 128 Å². The molecule has 10 heteroatoms. The third kappa shape index (κ3) is 2.74. The summed E-state index contributed by atoms with van der Waals surface area (Å²) in [5.41, 5.74) is 5.11. The summed E-state index contributed by atoms with van der Waals surface area (Å²) in [6.07, 6.45) is 3.41. The van der Waals surface area contributed by atoms with Crippen molar-refractivity contribution in [1.82, 2.24) is 24.1 Å². The van der Waals surface area contributed by atoms with Crippen molar-refractivity contribution in [3.05, 3.63) is 50.8 Å². The molecule has 0 aromatic carbocycles. The van der Waals surface area contributed by atoms with Gasteiger partial charge in [0.2, 0.25) is 0 Å². The summed E-state index contributed by atoms with van der Waals surface area (Å²) in [6.45, 7) is 0. The van der Waals surface area contributed by atoms with Crippen molar-refractivity contribution in [2.24, 2.45) is 0 Å². The zero-order valence-corrected chi connectivity index (χ0v) is 13.8. The van der Waals surface area contributed by atoms with Gasteiger partial charge in [0.15, 0.2) is 16.6 Å². The van der Waals surface area contributed by atoms with Crippen molar-refractivity contribution >= 4 is 29.0 Å². The first-order chi connectivity index (χ1) is 12.1. The Morgan fingerprint density at radius 2 is 2.12 bits per heavy atom. The fraction of sp³-hybridized carbons (Fsp3) is 0.267. The normalized spacial score (nSPS) is 14.1. The average Bonchev–Trinajstić information content (AvgIpc) is 3.32. The van der Waals surface area contributed by atoms with Crippen LogP contribution in [0.1, 0.15) is 29.2 Å². The van der Waals surface area contributed by atoms with Gasteiger partial charge in [0.25, 0.3) is 5.56 Å². The van der Waals surface area contributed by atoms with E-state index in [-0.39, 0.29) is 23.2 Å². The van der Waals surface area contributed by atoms with Crippen LogP contribution in [0.3, 0.4) is 0 Å². The Hall–Kier alpha value is -2.88. The third-order valence-corrected chi connectivity index (χ3v) is 4.93. The molecule has 3 N–H and O–H groups in total. The molecule has 3 aromatic rings. The number of carbonyl (C=O) groups excluding carboxylic acids is 1. The summed E-state index contributed by atoms with van der Waals surface area (Å²) in [5, 5.41) is 8.57. The second-order valence-corrected chi connectivity index (χ2v) is 6.69. The van der Waals surface area contributed by atoms with Crippen LogP contribution in [0.15, 0.2) is 39.1 Å². The van der Waals surface area contributed by atoms with Crippen LogP contribution in [-0.2, 0) is 0 Å². The third-order valence-electron chi connectivity index (χ3n) is 3.99. The van der Waals surface area contributed by atoms with Crippen LogP contribution in [0.2, 0.25) is 0 Å². The van der Waals surface area contributed by atoms with E-state index in [4.69, 9.17) is 5.73 Å². The number of ketones is 1. The number of carbonyl (C=O) groups is 1. The van der Waals surface area contributed by atoms with E-state index >= 15 is 0 Å². The summed E-state index contributed by atoms with van der Waals surface area (Å²) in [4.78, 5) is 38.7. The molecule has 1 aliphatic carbocycles. The van der Waals surface area contributed by atoms with E-state index in [9.17, 15) is 14.4 Å². The Morgan fingerprint density at radius 1 is 1.32 bits per heavy atom. The molecule has 25 heavy (non-hydrogen) atoms. The first kappa shape index (κ1) is 15.6. The molecule has 0 atom stereocenters. The van der Waals surface area contributed by atoms with Crippen LogP contribution in [-0.4, -0.2) is 35.7 Å². The minimum Gasteiger partial charge on any atom is -0.384 e. The molecular weight excluding hydrogens is 344 g/mol. The maximum atomic E-state index is 12.5. The van der Waals surface area contributed by atoms with Gasteiger partial charge in [0.05, 0.1) is 5.75 Å². The minimum absolute atomic E-state index is 0.0359. The Balaban J connectivity index is 1.62. The van der Waals surface area contributed by atoms with Crippen LogP contribution in [0.4, 0.5) is 5.82 Å². The maximum absolute atomic E-state index is 12.5. The van der Waals surface area contributed by atoms with Crippen LogP contribution in [0.25, 0.3) is 5.65 Å². The van der Waals surface area contributed by atoms with Crippen molar-refractivity contribution < 1.29 is 4.79 Å². The predicted octanol–water partition coefficient (Wildman–Crippen LogP) is 0.471. The van der Waals surface area contributed by atoms with Crippen LogP contribution >= 0.6 is 11.8 Å². The number of aromatic nitrogens is 5. The summed E-state index contributed by atoms with van der Waals surface area (Å²) in [6, 6.07) is 5.43. The lowest BCUT2D eigenvalue weighted by Crippen LogP contribution is -2.36. The summed E-state index contributed by atoms with van der Waals surface area (Å²) < 4.78 is 3.04. The van der Waals surface area contributed by atoms with Gasteiger partial charge >= 0.3 is 5.69 Å². The number of hydrogen-bond donors (Lipinski definition) is 2. The number of nitrogens with two attached hydrogens (primary N) is 1. The number of pyridine rings is 1. The zero-order chi connectivity index (χ0) is 17.6. The van der Waals surface area contributed by atoms with E-state index in [2.05, 4.69) is 15.2 Å². The predicted molar refractivity (Wildman–Crippen MR) is 92.0 cm³/mol. The molecule has 9 nitrogen and oxygen atoms in total. The second kappa shape index (κ2) is 5.88. The first-order valence-corrected chi connectivity index (χ1v) is 8.65. The van der Waals surface area contributed by atoms with Gasteiger partial charge in [-0.15, -0.1) is 10.2 Å². The quantitative estimate of drug-likeness (QED) is 0.501. The number of nitrogen functional groups attached to an aromatic ring is 1. The molecule has 4 rings (SSSR count). The lowest BCUT2D eigenvalue weighted by Gasteiger charge is -2.10. The molecule has 0 bridgehead atoms. The van der Waals surface area contributed by atoms with Gasteiger partial charge in [0.1, 0.15) is 11.4 Å².